The summed E-state index contributed by atoms with van der Waals surface area (Å²) in [5, 5.41) is 0. The number of thiophene rings is 1. The van der Waals surface area contributed by atoms with Gasteiger partial charge in [-0.15, -0.1) is 11.3 Å². The van der Waals surface area contributed by atoms with Crippen LogP contribution in [-0.4, -0.2) is 11.5 Å². The van der Waals surface area contributed by atoms with Gasteiger partial charge in [-0.25, -0.2) is 0 Å². The smallest absolute Gasteiger partial charge is 0.0782 e. The Kier molecular flexibility index (Phi) is 4.17. The van der Waals surface area contributed by atoms with Gasteiger partial charge < -0.3 is 0 Å². The largest absolute Gasteiger partial charge is 0.161 e. The Hall–Kier alpha value is 0.750. The molecule has 0 atom stereocenters. The van der Waals surface area contributed by atoms with Crippen LogP contribution in [0.4, 0.5) is 0 Å². The fraction of sp³-hybridized carbons (Fsp3) is 0.400. The van der Waals surface area contributed by atoms with Crippen molar-refractivity contribution in [2.45, 2.75) is 12.8 Å². The van der Waals surface area contributed by atoms with Crippen molar-refractivity contribution in [1.82, 2.24) is 0 Å². The van der Waals surface area contributed by atoms with Crippen LogP contribution < -0.4 is 0 Å². The zero-order valence-corrected chi connectivity index (χ0v) is 12.4. The number of thioether (sulfide) groups is 1. The van der Waals surface area contributed by atoms with E-state index < -0.39 is 0 Å². The van der Waals surface area contributed by atoms with E-state index in [0.29, 0.717) is 0 Å². The summed E-state index contributed by atoms with van der Waals surface area (Å²) in [7, 11) is 0. The van der Waals surface area contributed by atoms with Crippen LogP contribution in [0.15, 0.2) is 19.2 Å². The SMILES string of the molecule is Brc1cc(C=C2CCSCC2)c(Br)s1. The Morgan fingerprint density at radius 2 is 1.93 bits per heavy atom. The maximum absolute atomic E-state index is 3.58. The predicted molar refractivity (Wildman–Crippen MR) is 74.3 cm³/mol. The summed E-state index contributed by atoms with van der Waals surface area (Å²) in [5.41, 5.74) is 2.92. The second kappa shape index (κ2) is 5.19. The van der Waals surface area contributed by atoms with Crippen LogP contribution in [0.2, 0.25) is 0 Å². The number of hydrogen-bond donors (Lipinski definition) is 0. The summed E-state index contributed by atoms with van der Waals surface area (Å²) in [4.78, 5) is 0. The first-order chi connectivity index (χ1) is 6.75. The highest BCUT2D eigenvalue weighted by Crippen LogP contribution is 2.34. The van der Waals surface area contributed by atoms with E-state index in [1.165, 1.54) is 37.5 Å². The number of hydrogen-bond acceptors (Lipinski definition) is 2. The lowest BCUT2D eigenvalue weighted by molar-refractivity contribution is 0.977. The third-order valence-electron chi connectivity index (χ3n) is 2.18. The zero-order valence-electron chi connectivity index (χ0n) is 7.56. The molecule has 1 aromatic rings. The molecule has 0 unspecified atom stereocenters. The normalized spacial score (nSPS) is 17.1. The van der Waals surface area contributed by atoms with E-state index in [1.54, 1.807) is 16.9 Å². The second-order valence-corrected chi connectivity index (χ2v) is 8.17. The maximum atomic E-state index is 3.58. The predicted octanol–water partition coefficient (Wildman–Crippen LogP) is 5.18. The first kappa shape index (κ1) is 11.2. The summed E-state index contributed by atoms with van der Waals surface area (Å²) < 4.78 is 2.43. The van der Waals surface area contributed by atoms with Crippen LogP contribution in [0.25, 0.3) is 6.08 Å². The van der Waals surface area contributed by atoms with Crippen LogP contribution >= 0.6 is 55.0 Å². The topological polar surface area (TPSA) is 0 Å². The third-order valence-corrected chi connectivity index (χ3v) is 5.55. The van der Waals surface area contributed by atoms with Crippen molar-refractivity contribution < 1.29 is 0 Å². The van der Waals surface area contributed by atoms with Gasteiger partial charge in [0.15, 0.2) is 0 Å². The van der Waals surface area contributed by atoms with E-state index in [9.17, 15) is 0 Å². The molecule has 0 nitrogen and oxygen atoms in total. The summed E-state index contributed by atoms with van der Waals surface area (Å²) in [6, 6.07) is 2.18. The average molecular weight is 354 g/mol. The maximum Gasteiger partial charge on any atom is 0.0782 e. The minimum absolute atomic E-state index is 1.20. The monoisotopic (exact) mass is 352 g/mol. The Bertz CT molecular complexity index is 347. The molecule has 4 heteroatoms. The van der Waals surface area contributed by atoms with E-state index >= 15 is 0 Å². The lowest BCUT2D eigenvalue weighted by atomic mass is 10.1. The fourth-order valence-electron chi connectivity index (χ4n) is 1.45. The average Bonchev–Trinajstić information content (AvgIpc) is 2.47. The summed E-state index contributed by atoms with van der Waals surface area (Å²) >= 11 is 10.9. The van der Waals surface area contributed by atoms with Gasteiger partial charge in [0, 0.05) is 5.56 Å². The number of rotatable bonds is 1. The quantitative estimate of drug-likeness (QED) is 0.669. The molecule has 2 heterocycles. The Labute approximate surface area is 109 Å². The van der Waals surface area contributed by atoms with Crippen molar-refractivity contribution in [3.63, 3.8) is 0 Å². The van der Waals surface area contributed by atoms with Crippen LogP contribution in [0, 0.1) is 0 Å². The molecule has 1 saturated heterocycles. The highest BCUT2D eigenvalue weighted by atomic mass is 79.9. The Balaban J connectivity index is 2.18. The zero-order chi connectivity index (χ0) is 9.97. The van der Waals surface area contributed by atoms with Gasteiger partial charge >= 0.3 is 0 Å². The van der Waals surface area contributed by atoms with Crippen LogP contribution in [0.1, 0.15) is 18.4 Å². The van der Waals surface area contributed by atoms with Gasteiger partial charge in [0.2, 0.25) is 0 Å². The van der Waals surface area contributed by atoms with Crippen LogP contribution in [-0.2, 0) is 0 Å². The van der Waals surface area contributed by atoms with Crippen molar-refractivity contribution in [2.75, 3.05) is 11.5 Å². The molecule has 1 aliphatic rings. The molecule has 0 radical (unpaired) electrons. The molecule has 0 bridgehead atoms. The van der Waals surface area contributed by atoms with E-state index in [1.807, 2.05) is 0 Å². The fourth-order valence-corrected chi connectivity index (χ4v) is 5.20. The van der Waals surface area contributed by atoms with Gasteiger partial charge in [0.25, 0.3) is 0 Å². The summed E-state index contributed by atoms with van der Waals surface area (Å²) in [5.74, 6) is 2.57. The summed E-state index contributed by atoms with van der Waals surface area (Å²) in [6.07, 6.45) is 4.85. The molecule has 0 aromatic carbocycles. The Morgan fingerprint density at radius 3 is 2.50 bits per heavy atom. The molecule has 0 saturated carbocycles. The van der Waals surface area contributed by atoms with Gasteiger partial charge in [-0.3, -0.25) is 0 Å². The number of allylic oxidation sites excluding steroid dienone is 1. The minimum atomic E-state index is 1.20. The van der Waals surface area contributed by atoms with Crippen molar-refractivity contribution in [2.24, 2.45) is 0 Å². The highest BCUT2D eigenvalue weighted by molar-refractivity contribution is 9.12. The van der Waals surface area contributed by atoms with Gasteiger partial charge in [0.1, 0.15) is 0 Å². The first-order valence-corrected chi connectivity index (χ1v) is 8.03. The van der Waals surface area contributed by atoms with Crippen molar-refractivity contribution in [1.29, 1.82) is 0 Å². The van der Waals surface area contributed by atoms with Crippen molar-refractivity contribution in [3.05, 3.63) is 24.8 Å². The standard InChI is InChI=1S/C10H10Br2S2/c11-9-6-8(10(12)14-9)5-7-1-3-13-4-2-7/h5-6H,1-4H2. The van der Waals surface area contributed by atoms with Gasteiger partial charge in [-0.1, -0.05) is 11.6 Å². The lowest BCUT2D eigenvalue weighted by Crippen LogP contribution is -1.97. The highest BCUT2D eigenvalue weighted by Gasteiger charge is 2.08. The molecular formula is C10H10Br2S2. The van der Waals surface area contributed by atoms with E-state index in [2.05, 4.69) is 55.8 Å². The van der Waals surface area contributed by atoms with Crippen LogP contribution in [0.3, 0.4) is 0 Å². The molecule has 14 heavy (non-hydrogen) atoms. The molecule has 1 fully saturated rings. The molecule has 76 valence electrons. The molecule has 1 aromatic heterocycles. The van der Waals surface area contributed by atoms with Crippen molar-refractivity contribution >= 4 is 61.0 Å². The molecule has 0 amide bonds. The molecule has 0 spiro atoms. The first-order valence-electron chi connectivity index (χ1n) is 4.48. The van der Waals surface area contributed by atoms with Gasteiger partial charge in [0.05, 0.1) is 7.57 Å². The third kappa shape index (κ3) is 2.87. The van der Waals surface area contributed by atoms with E-state index in [4.69, 9.17) is 0 Å². The second-order valence-electron chi connectivity index (χ2n) is 3.19. The van der Waals surface area contributed by atoms with Crippen molar-refractivity contribution in [3.8, 4) is 0 Å². The van der Waals surface area contributed by atoms with E-state index in [-0.39, 0.29) is 0 Å². The minimum Gasteiger partial charge on any atom is -0.161 e. The summed E-state index contributed by atoms with van der Waals surface area (Å²) in [6.45, 7) is 0. The van der Waals surface area contributed by atoms with Gasteiger partial charge in [-0.05, 0) is 62.3 Å². The molecule has 0 aliphatic carbocycles. The number of halogens is 2. The molecular weight excluding hydrogens is 344 g/mol. The van der Waals surface area contributed by atoms with Gasteiger partial charge in [-0.2, -0.15) is 11.8 Å². The van der Waals surface area contributed by atoms with Crippen LogP contribution in [0.5, 0.6) is 0 Å². The lowest BCUT2D eigenvalue weighted by Gasteiger charge is -2.12. The molecule has 0 N–H and O–H groups in total. The molecule has 1 aliphatic heterocycles. The Morgan fingerprint density at radius 1 is 1.21 bits per heavy atom. The molecule has 2 rings (SSSR count). The van der Waals surface area contributed by atoms with E-state index in [0.717, 1.165) is 0 Å².